The third-order valence-electron chi connectivity index (χ3n) is 9.96. The number of nitrogens with zero attached hydrogens (tertiary/aromatic N) is 9. The van der Waals surface area contributed by atoms with E-state index >= 15 is 0 Å². The van der Waals surface area contributed by atoms with Crippen molar-refractivity contribution in [1.29, 1.82) is 0 Å². The number of morpholine rings is 2. The van der Waals surface area contributed by atoms with Crippen LogP contribution in [0.2, 0.25) is 0 Å². The van der Waals surface area contributed by atoms with Gasteiger partial charge in [-0.3, -0.25) is 20.2 Å². The van der Waals surface area contributed by atoms with Gasteiger partial charge in [0.1, 0.15) is 34.1 Å². The van der Waals surface area contributed by atoms with Crippen LogP contribution in [0.5, 0.6) is 5.88 Å². The van der Waals surface area contributed by atoms with Gasteiger partial charge in [-0.2, -0.15) is 10.2 Å². The maximum Gasteiger partial charge on any atom is 0.213 e. The first-order valence-corrected chi connectivity index (χ1v) is 19.8. The van der Waals surface area contributed by atoms with Crippen molar-refractivity contribution in [1.82, 2.24) is 45.3 Å². The third kappa shape index (κ3) is 7.64. The molecular weight excluding hydrogens is 739 g/mol. The van der Waals surface area contributed by atoms with Crippen molar-refractivity contribution in [3.8, 4) is 50.2 Å². The number of hydrogen-bond donors (Lipinski definition) is 2. The maximum absolute atomic E-state index is 5.52. The van der Waals surface area contributed by atoms with Crippen LogP contribution in [-0.2, 0) is 9.47 Å². The number of H-pyrrole nitrogens is 2. The zero-order chi connectivity index (χ0) is 38.6. The van der Waals surface area contributed by atoms with E-state index in [1.165, 1.54) is 15.3 Å². The van der Waals surface area contributed by atoms with Gasteiger partial charge in [0.05, 0.1) is 44.4 Å². The van der Waals surface area contributed by atoms with Gasteiger partial charge >= 0.3 is 0 Å². The Morgan fingerprint density at radius 1 is 0.667 bits per heavy atom. The second kappa shape index (κ2) is 16.4. The minimum Gasteiger partial charge on any atom is -0.478 e. The number of aryl methyl sites for hydroxylation is 1. The van der Waals surface area contributed by atoms with Crippen molar-refractivity contribution in [2.75, 3.05) is 69.0 Å². The summed E-state index contributed by atoms with van der Waals surface area (Å²) < 4.78 is 16.5. The first-order chi connectivity index (χ1) is 28.1. The smallest absolute Gasteiger partial charge is 0.213 e. The van der Waals surface area contributed by atoms with E-state index in [1.807, 2.05) is 49.6 Å². The molecule has 288 valence electrons. The van der Waals surface area contributed by atoms with Crippen LogP contribution in [0, 0.1) is 6.92 Å². The van der Waals surface area contributed by atoms with E-state index < -0.39 is 0 Å². The summed E-state index contributed by atoms with van der Waals surface area (Å²) in [6.45, 7) is 10.8. The zero-order valence-electron chi connectivity index (χ0n) is 31.7. The Kier molecular flexibility index (Phi) is 10.5. The highest BCUT2D eigenvalue weighted by molar-refractivity contribution is 7.15. The summed E-state index contributed by atoms with van der Waals surface area (Å²) >= 11 is 1.80. The minimum absolute atomic E-state index is 0.588. The molecule has 2 saturated heterocycles. The van der Waals surface area contributed by atoms with Crippen molar-refractivity contribution in [3.63, 3.8) is 0 Å². The molecule has 2 aliphatic heterocycles. The molecule has 10 heterocycles. The zero-order valence-corrected chi connectivity index (χ0v) is 32.5. The van der Waals surface area contributed by atoms with Crippen molar-refractivity contribution >= 4 is 44.8 Å². The molecule has 57 heavy (non-hydrogen) atoms. The van der Waals surface area contributed by atoms with Gasteiger partial charge in [-0.1, -0.05) is 0 Å². The van der Waals surface area contributed by atoms with Gasteiger partial charge in [0, 0.05) is 94.9 Å². The van der Waals surface area contributed by atoms with Crippen LogP contribution in [-0.4, -0.2) is 105 Å². The molecule has 2 aliphatic rings. The lowest BCUT2D eigenvalue weighted by Crippen LogP contribution is -2.36. The van der Waals surface area contributed by atoms with E-state index in [-0.39, 0.29) is 0 Å². The number of aromatic nitrogens is 9. The van der Waals surface area contributed by atoms with Gasteiger partial charge in [0.2, 0.25) is 5.88 Å². The number of aromatic amines is 2. The molecule has 0 bridgehead atoms. The average Bonchev–Trinajstić information content (AvgIpc) is 4.09. The lowest BCUT2D eigenvalue weighted by atomic mass is 10.0. The molecule has 8 aromatic heterocycles. The van der Waals surface area contributed by atoms with Gasteiger partial charge in [0.15, 0.2) is 0 Å². The lowest BCUT2D eigenvalue weighted by molar-refractivity contribution is 0.122. The minimum atomic E-state index is 0.588. The number of rotatable bonds is 8. The molecule has 15 heteroatoms. The highest BCUT2D eigenvalue weighted by Crippen LogP contribution is 2.38. The Morgan fingerprint density at radius 2 is 1.25 bits per heavy atom. The Hall–Kier alpha value is -6.29. The summed E-state index contributed by atoms with van der Waals surface area (Å²) in [5.74, 6) is 2.50. The van der Waals surface area contributed by atoms with E-state index in [1.54, 1.807) is 29.9 Å². The molecule has 8 aromatic rings. The van der Waals surface area contributed by atoms with Crippen molar-refractivity contribution in [2.24, 2.45) is 0 Å². The van der Waals surface area contributed by atoms with Crippen LogP contribution in [0.3, 0.4) is 0 Å². The van der Waals surface area contributed by atoms with Gasteiger partial charge in [-0.25, -0.2) is 15.0 Å². The molecule has 0 saturated carbocycles. The molecule has 0 atom stereocenters. The van der Waals surface area contributed by atoms with Crippen LogP contribution >= 0.6 is 11.3 Å². The Balaban J connectivity index is 0.000000149. The average molecular weight is 780 g/mol. The van der Waals surface area contributed by atoms with Crippen molar-refractivity contribution in [2.45, 2.75) is 13.8 Å². The summed E-state index contributed by atoms with van der Waals surface area (Å²) in [5, 5.41) is 16.3. The van der Waals surface area contributed by atoms with Crippen LogP contribution < -0.4 is 14.5 Å². The maximum atomic E-state index is 5.52. The summed E-state index contributed by atoms with van der Waals surface area (Å²) in [4.78, 5) is 30.8. The molecule has 0 radical (unpaired) electrons. The van der Waals surface area contributed by atoms with E-state index in [2.05, 4.69) is 82.4 Å². The second-order valence-electron chi connectivity index (χ2n) is 13.5. The van der Waals surface area contributed by atoms with Gasteiger partial charge in [-0.15, -0.1) is 11.3 Å². The van der Waals surface area contributed by atoms with E-state index in [4.69, 9.17) is 24.2 Å². The summed E-state index contributed by atoms with van der Waals surface area (Å²) in [5.41, 5.74) is 8.30. The Labute approximate surface area is 332 Å². The van der Waals surface area contributed by atoms with Crippen molar-refractivity contribution in [3.05, 3.63) is 96.5 Å². The number of hydrogen-bond acceptors (Lipinski definition) is 13. The molecule has 0 spiro atoms. The number of pyridine rings is 5. The fourth-order valence-corrected chi connectivity index (χ4v) is 8.05. The van der Waals surface area contributed by atoms with Crippen LogP contribution in [0.4, 0.5) is 11.6 Å². The number of ether oxygens (including phenoxy) is 3. The van der Waals surface area contributed by atoms with Crippen LogP contribution in [0.1, 0.15) is 11.8 Å². The van der Waals surface area contributed by atoms with E-state index in [0.29, 0.717) is 25.7 Å². The molecule has 2 fully saturated rings. The van der Waals surface area contributed by atoms with Crippen LogP contribution in [0.25, 0.3) is 66.1 Å². The Bertz CT molecular complexity index is 2580. The number of fused-ring (bicyclic) bond motifs is 2. The van der Waals surface area contributed by atoms with E-state index in [0.717, 1.165) is 107 Å². The second-order valence-corrected chi connectivity index (χ2v) is 14.8. The van der Waals surface area contributed by atoms with E-state index in [9.17, 15) is 0 Å². The molecule has 2 N–H and O–H groups in total. The molecule has 0 unspecified atom stereocenters. The number of anilines is 2. The topological polar surface area (TPSA) is 156 Å². The quantitative estimate of drug-likeness (QED) is 0.160. The first kappa shape index (κ1) is 36.4. The monoisotopic (exact) mass is 779 g/mol. The fourth-order valence-electron chi connectivity index (χ4n) is 7.15. The normalized spacial score (nSPS) is 14.5. The molecule has 0 aliphatic carbocycles. The standard InChI is InChI=1S/C22H22N6O2.C20H19N5OS/c1-2-30-20-4-3-15(14-24-20)17-13-19(28-9-11-29-12-10-28)26-21-16(17)5-7-23-22(21)18-6-8-25-27-18;1-13-2-3-17(27-13)15-12-18(25-8-10-26-11-9-25)23-19-14(15)4-6-21-20(19)16-5-7-22-24-16/h3-8,13-14H,2,9-12H2,1H3,(H,25,27);2-7,12H,8-11H2,1H3,(H,22,24). The van der Waals surface area contributed by atoms with Gasteiger partial charge < -0.3 is 24.0 Å². The molecular formula is C42H41N11O3S. The summed E-state index contributed by atoms with van der Waals surface area (Å²) in [6.07, 6.45) is 8.96. The van der Waals surface area contributed by atoms with Gasteiger partial charge in [0.25, 0.3) is 0 Å². The Morgan fingerprint density at radius 3 is 1.74 bits per heavy atom. The predicted octanol–water partition coefficient (Wildman–Crippen LogP) is 7.21. The molecule has 14 nitrogen and oxygen atoms in total. The van der Waals surface area contributed by atoms with Crippen LogP contribution in [0.15, 0.2) is 91.6 Å². The van der Waals surface area contributed by atoms with Gasteiger partial charge in [-0.05, 0) is 74.0 Å². The molecule has 0 aromatic carbocycles. The highest BCUT2D eigenvalue weighted by Gasteiger charge is 2.21. The van der Waals surface area contributed by atoms with Crippen molar-refractivity contribution < 1.29 is 14.2 Å². The summed E-state index contributed by atoms with van der Waals surface area (Å²) in [6, 6.07) is 20.5. The summed E-state index contributed by atoms with van der Waals surface area (Å²) in [7, 11) is 0. The largest absolute Gasteiger partial charge is 0.478 e. The fraction of sp³-hybridized carbons (Fsp3) is 0.262. The first-order valence-electron chi connectivity index (χ1n) is 19.0. The molecule has 10 rings (SSSR count). The molecule has 0 amide bonds. The third-order valence-corrected chi connectivity index (χ3v) is 11.0. The number of thiophene rings is 1. The lowest BCUT2D eigenvalue weighted by Gasteiger charge is -2.28. The predicted molar refractivity (Wildman–Crippen MR) is 223 cm³/mol. The highest BCUT2D eigenvalue weighted by atomic mass is 32.1. The SMILES string of the molecule is CCOc1ccc(-c2cc(N3CCOCC3)nc3c(-c4ccn[nH]4)nccc23)cn1.Cc1ccc(-c2cc(N3CCOCC3)nc3c(-c4ccn[nH]4)nccc23)s1. The number of nitrogens with one attached hydrogen (secondary N) is 2.